The molecule has 0 aliphatic carbocycles. The van der Waals surface area contributed by atoms with Gasteiger partial charge in [-0.3, -0.25) is 9.69 Å². The minimum absolute atomic E-state index is 0.0807. The summed E-state index contributed by atoms with van der Waals surface area (Å²) in [4.78, 5) is 17.9. The number of anilines is 2. The maximum absolute atomic E-state index is 13.5. The SMILES string of the molecule is CC1Nc2ccccc2N1C1CCN(C(C(=O)NCc2cc(C(F)(F)F)cc(C(F)(F)F)c2)c2ccccc2)CC1. The summed E-state index contributed by atoms with van der Waals surface area (Å²) in [5.41, 5.74) is -0.191. The van der Waals surface area contributed by atoms with Crippen LogP contribution in [-0.2, 0) is 23.7 Å². The predicted octanol–water partition coefficient (Wildman–Crippen LogP) is 6.82. The highest BCUT2D eigenvalue weighted by Gasteiger charge is 2.38. The molecule has 2 heterocycles. The van der Waals surface area contributed by atoms with Crippen LogP contribution in [0.2, 0.25) is 0 Å². The first-order valence-electron chi connectivity index (χ1n) is 13.4. The summed E-state index contributed by atoms with van der Waals surface area (Å²) in [5.74, 6) is -0.484. The van der Waals surface area contributed by atoms with Crippen LogP contribution < -0.4 is 15.5 Å². The summed E-state index contributed by atoms with van der Waals surface area (Å²) < 4.78 is 79.9. The number of fused-ring (bicyclic) bond motifs is 1. The van der Waals surface area contributed by atoms with Crippen molar-refractivity contribution in [3.05, 3.63) is 95.1 Å². The van der Waals surface area contributed by atoms with Crippen LogP contribution in [-0.4, -0.2) is 36.1 Å². The summed E-state index contributed by atoms with van der Waals surface area (Å²) in [7, 11) is 0. The smallest absolute Gasteiger partial charge is 0.364 e. The monoisotopic (exact) mass is 576 g/mol. The lowest BCUT2D eigenvalue weighted by Crippen LogP contribution is -2.51. The van der Waals surface area contributed by atoms with Crippen LogP contribution in [0.4, 0.5) is 37.7 Å². The van der Waals surface area contributed by atoms with Crippen LogP contribution in [0.15, 0.2) is 72.8 Å². The van der Waals surface area contributed by atoms with Crippen molar-refractivity contribution >= 4 is 17.3 Å². The number of nitrogens with one attached hydrogen (secondary N) is 2. The van der Waals surface area contributed by atoms with Crippen LogP contribution in [0.3, 0.4) is 0 Å². The van der Waals surface area contributed by atoms with Crippen molar-refractivity contribution < 1.29 is 31.1 Å². The molecule has 3 aromatic carbocycles. The Kier molecular flexibility index (Phi) is 7.91. The molecule has 1 saturated heterocycles. The number of amides is 1. The molecule has 5 rings (SSSR count). The van der Waals surface area contributed by atoms with Crippen LogP contribution in [0.25, 0.3) is 0 Å². The fourth-order valence-corrected chi connectivity index (χ4v) is 5.83. The van der Waals surface area contributed by atoms with E-state index >= 15 is 0 Å². The second-order valence-corrected chi connectivity index (χ2v) is 10.5. The van der Waals surface area contributed by atoms with Crippen molar-refractivity contribution in [1.82, 2.24) is 10.2 Å². The molecule has 2 N–H and O–H groups in total. The molecule has 2 aliphatic rings. The van der Waals surface area contributed by atoms with Crippen molar-refractivity contribution in [2.45, 2.75) is 56.9 Å². The van der Waals surface area contributed by atoms with E-state index in [1.807, 2.05) is 29.2 Å². The van der Waals surface area contributed by atoms with Gasteiger partial charge in [-0.05, 0) is 61.2 Å². The first-order chi connectivity index (χ1) is 19.4. The molecule has 0 spiro atoms. The highest BCUT2D eigenvalue weighted by Crippen LogP contribution is 2.39. The first-order valence-corrected chi connectivity index (χ1v) is 13.4. The van der Waals surface area contributed by atoms with E-state index in [1.165, 1.54) is 0 Å². The largest absolute Gasteiger partial charge is 0.416 e. The van der Waals surface area contributed by atoms with E-state index in [1.54, 1.807) is 24.3 Å². The Morgan fingerprint density at radius 2 is 1.49 bits per heavy atom. The van der Waals surface area contributed by atoms with Crippen LogP contribution in [0.5, 0.6) is 0 Å². The van der Waals surface area contributed by atoms with Gasteiger partial charge in [0.1, 0.15) is 6.04 Å². The van der Waals surface area contributed by atoms with Crippen molar-refractivity contribution in [3.63, 3.8) is 0 Å². The third kappa shape index (κ3) is 6.29. The Morgan fingerprint density at radius 3 is 2.10 bits per heavy atom. The van der Waals surface area contributed by atoms with Crippen LogP contribution in [0.1, 0.15) is 48.1 Å². The minimum Gasteiger partial charge on any atom is -0.364 e. The van der Waals surface area contributed by atoms with Gasteiger partial charge in [-0.2, -0.15) is 26.3 Å². The second-order valence-electron chi connectivity index (χ2n) is 10.5. The maximum atomic E-state index is 13.5. The minimum atomic E-state index is -4.96. The molecule has 3 aromatic rings. The Bertz CT molecular complexity index is 1340. The molecule has 0 aromatic heterocycles. The van der Waals surface area contributed by atoms with Crippen molar-refractivity contribution in [2.75, 3.05) is 23.3 Å². The van der Waals surface area contributed by atoms with Gasteiger partial charge in [0.15, 0.2) is 0 Å². The number of carbonyl (C=O) groups excluding carboxylic acids is 1. The standard InChI is InChI=1S/C30H30F6N4O/c1-19-38-25-9-5-6-10-26(25)40(19)24-11-13-39(14-12-24)27(21-7-3-2-4-8-21)28(41)37-18-20-15-22(29(31,32)33)17-23(16-20)30(34,35)36/h2-10,15-17,19,24,27,38H,11-14,18H2,1H3,(H,37,41). The lowest BCUT2D eigenvalue weighted by Gasteiger charge is -2.42. The number of piperidine rings is 1. The number of halogens is 6. The molecule has 5 nitrogen and oxygen atoms in total. The van der Waals surface area contributed by atoms with E-state index in [9.17, 15) is 31.1 Å². The Morgan fingerprint density at radius 1 is 0.902 bits per heavy atom. The molecule has 0 bridgehead atoms. The molecule has 0 saturated carbocycles. The number of likely N-dealkylation sites (tertiary alicyclic amines) is 1. The summed E-state index contributed by atoms with van der Waals surface area (Å²) in [6, 6.07) is 17.9. The van der Waals surface area contributed by atoms with Crippen molar-refractivity contribution in [3.8, 4) is 0 Å². The van der Waals surface area contributed by atoms with E-state index in [-0.39, 0.29) is 23.8 Å². The number of alkyl halides is 6. The first kappa shape index (κ1) is 28.8. The maximum Gasteiger partial charge on any atom is 0.416 e. The fraction of sp³-hybridized carbons (Fsp3) is 0.367. The van der Waals surface area contributed by atoms with Gasteiger partial charge in [-0.1, -0.05) is 42.5 Å². The quantitative estimate of drug-likeness (QED) is 0.316. The summed E-state index contributed by atoms with van der Waals surface area (Å²) in [6.07, 6.45) is -8.25. The molecule has 2 aliphatic heterocycles. The van der Waals surface area contributed by atoms with Crippen LogP contribution in [0, 0.1) is 0 Å². The van der Waals surface area contributed by atoms with E-state index in [2.05, 4.69) is 28.5 Å². The predicted molar refractivity (Wildman–Crippen MR) is 144 cm³/mol. The van der Waals surface area contributed by atoms with Gasteiger partial charge in [0.05, 0.1) is 28.7 Å². The highest BCUT2D eigenvalue weighted by atomic mass is 19.4. The lowest BCUT2D eigenvalue weighted by atomic mass is 9.97. The zero-order valence-corrected chi connectivity index (χ0v) is 22.3. The van der Waals surface area contributed by atoms with E-state index in [0.717, 1.165) is 24.2 Å². The lowest BCUT2D eigenvalue weighted by molar-refractivity contribution is -0.143. The topological polar surface area (TPSA) is 47.6 Å². The summed E-state index contributed by atoms with van der Waals surface area (Å²) in [5, 5.41) is 6.09. The molecule has 0 radical (unpaired) electrons. The molecule has 11 heteroatoms. The number of hydrogen-bond acceptors (Lipinski definition) is 4. The molecular weight excluding hydrogens is 546 g/mol. The molecule has 2 atom stereocenters. The number of rotatable bonds is 6. The number of para-hydroxylation sites is 2. The highest BCUT2D eigenvalue weighted by molar-refractivity contribution is 5.83. The normalized spacial score (nSPS) is 19.0. The second kappa shape index (κ2) is 11.3. The molecule has 41 heavy (non-hydrogen) atoms. The van der Waals surface area contributed by atoms with Gasteiger partial charge < -0.3 is 15.5 Å². The average Bonchev–Trinajstić information content (AvgIpc) is 3.27. The number of benzene rings is 3. The third-order valence-electron chi connectivity index (χ3n) is 7.70. The van der Waals surface area contributed by atoms with Gasteiger partial charge >= 0.3 is 12.4 Å². The number of carbonyl (C=O) groups is 1. The molecular formula is C30H30F6N4O. The van der Waals surface area contributed by atoms with Gasteiger partial charge in [-0.15, -0.1) is 0 Å². The molecule has 218 valence electrons. The third-order valence-corrected chi connectivity index (χ3v) is 7.70. The van der Waals surface area contributed by atoms with E-state index in [0.29, 0.717) is 30.8 Å². The average molecular weight is 577 g/mol. The zero-order chi connectivity index (χ0) is 29.4. The molecule has 2 unspecified atom stereocenters. The Labute approximate surface area is 234 Å². The van der Waals surface area contributed by atoms with Crippen molar-refractivity contribution in [2.24, 2.45) is 0 Å². The summed E-state index contributed by atoms with van der Waals surface area (Å²) in [6.45, 7) is 2.81. The van der Waals surface area contributed by atoms with Gasteiger partial charge in [0, 0.05) is 25.7 Å². The van der Waals surface area contributed by atoms with Crippen molar-refractivity contribution in [1.29, 1.82) is 0 Å². The number of hydrogen-bond donors (Lipinski definition) is 2. The van der Waals surface area contributed by atoms with Gasteiger partial charge in [0.25, 0.3) is 0 Å². The fourth-order valence-electron chi connectivity index (χ4n) is 5.83. The molecule has 1 amide bonds. The van der Waals surface area contributed by atoms with Crippen LogP contribution >= 0.6 is 0 Å². The van der Waals surface area contributed by atoms with Gasteiger partial charge in [-0.25, -0.2) is 0 Å². The number of nitrogens with zero attached hydrogens (tertiary/aromatic N) is 2. The van der Waals surface area contributed by atoms with Gasteiger partial charge in [0.2, 0.25) is 5.91 Å². The van der Waals surface area contributed by atoms with E-state index in [4.69, 9.17) is 0 Å². The summed E-state index contributed by atoms with van der Waals surface area (Å²) >= 11 is 0. The zero-order valence-electron chi connectivity index (χ0n) is 22.3. The van der Waals surface area contributed by atoms with E-state index < -0.39 is 42.0 Å². The Balaban J connectivity index is 1.32. The molecule has 1 fully saturated rings. The Hall–Kier alpha value is -3.73.